The minimum absolute atomic E-state index is 0.805. The van der Waals surface area contributed by atoms with Crippen molar-refractivity contribution in [3.8, 4) is 11.5 Å². The monoisotopic (exact) mass is 283 g/mol. The number of para-hydroxylation sites is 1. The number of nitrogens with zero attached hydrogens (tertiary/aromatic N) is 1. The van der Waals surface area contributed by atoms with Crippen LogP contribution in [0, 0.1) is 0 Å². The van der Waals surface area contributed by atoms with Crippen molar-refractivity contribution < 1.29 is 9.47 Å². The highest BCUT2D eigenvalue weighted by molar-refractivity contribution is 5.63. The second-order valence-electron chi connectivity index (χ2n) is 4.98. The zero-order valence-corrected chi connectivity index (χ0v) is 12.7. The summed E-state index contributed by atoms with van der Waals surface area (Å²) in [6, 6.07) is 17.7. The summed E-state index contributed by atoms with van der Waals surface area (Å²) in [5, 5.41) is 0. The van der Waals surface area contributed by atoms with Gasteiger partial charge in [-0.05, 0) is 44.4 Å². The Bertz CT molecular complexity index is 591. The summed E-state index contributed by atoms with van der Waals surface area (Å²) in [7, 11) is 5.73. The van der Waals surface area contributed by atoms with Gasteiger partial charge < -0.3 is 14.4 Å². The van der Waals surface area contributed by atoms with E-state index < -0.39 is 0 Å². The summed E-state index contributed by atoms with van der Waals surface area (Å²) < 4.78 is 11.3. The van der Waals surface area contributed by atoms with Crippen LogP contribution in [-0.4, -0.2) is 32.6 Å². The van der Waals surface area contributed by atoms with Crippen LogP contribution < -0.4 is 9.47 Å². The molecule has 2 rings (SSSR count). The van der Waals surface area contributed by atoms with Crippen LogP contribution in [0.3, 0.4) is 0 Å². The Labute approximate surface area is 126 Å². The number of likely N-dealkylation sites (N-methyl/N-ethyl adjacent to an activating group) is 1. The smallest absolute Gasteiger partial charge is 0.132 e. The molecule has 21 heavy (non-hydrogen) atoms. The van der Waals surface area contributed by atoms with Crippen molar-refractivity contribution >= 4 is 5.76 Å². The van der Waals surface area contributed by atoms with Gasteiger partial charge in [0.15, 0.2) is 0 Å². The van der Waals surface area contributed by atoms with E-state index in [4.69, 9.17) is 9.47 Å². The molecule has 2 aromatic rings. The molecule has 0 aliphatic carbocycles. The Morgan fingerprint density at radius 3 is 2.38 bits per heavy atom. The van der Waals surface area contributed by atoms with Crippen LogP contribution in [0.2, 0.25) is 0 Å². The predicted molar refractivity (Wildman–Crippen MR) is 86.6 cm³/mol. The molecule has 0 unspecified atom stereocenters. The van der Waals surface area contributed by atoms with Crippen LogP contribution in [0.4, 0.5) is 0 Å². The molecular formula is C18H21NO2. The van der Waals surface area contributed by atoms with E-state index in [0.717, 1.165) is 29.4 Å². The molecule has 0 heterocycles. The number of benzene rings is 2. The van der Waals surface area contributed by atoms with Crippen molar-refractivity contribution in [2.75, 3.05) is 27.7 Å². The third kappa shape index (κ3) is 4.65. The Hall–Kier alpha value is -2.26. The fourth-order valence-corrected chi connectivity index (χ4v) is 1.88. The maximum atomic E-state index is 6.03. The molecule has 0 amide bonds. The molecule has 0 atom stereocenters. The summed E-state index contributed by atoms with van der Waals surface area (Å²) in [4.78, 5) is 2.09. The third-order valence-corrected chi connectivity index (χ3v) is 2.97. The Morgan fingerprint density at radius 1 is 1.00 bits per heavy atom. The molecule has 0 N–H and O–H groups in total. The first-order valence-electron chi connectivity index (χ1n) is 6.91. The number of ether oxygens (including phenoxy) is 2. The fourth-order valence-electron chi connectivity index (χ4n) is 1.88. The van der Waals surface area contributed by atoms with Crippen LogP contribution in [0.25, 0.3) is 5.76 Å². The molecule has 2 aromatic carbocycles. The lowest BCUT2D eigenvalue weighted by molar-refractivity contribution is 0.414. The van der Waals surface area contributed by atoms with Gasteiger partial charge in [-0.3, -0.25) is 0 Å². The molecule has 0 spiro atoms. The minimum atomic E-state index is 0.805. The maximum Gasteiger partial charge on any atom is 0.132 e. The quantitative estimate of drug-likeness (QED) is 0.755. The predicted octanol–water partition coefficient (Wildman–Crippen LogP) is 3.68. The van der Waals surface area contributed by atoms with Crippen LogP contribution in [0.1, 0.15) is 5.56 Å². The number of rotatable bonds is 6. The van der Waals surface area contributed by atoms with Gasteiger partial charge in [0.1, 0.15) is 17.3 Å². The van der Waals surface area contributed by atoms with E-state index in [1.807, 2.05) is 68.7 Å². The van der Waals surface area contributed by atoms with Crippen molar-refractivity contribution in [2.24, 2.45) is 0 Å². The normalized spacial score (nSPS) is 11.5. The Kier molecular flexibility index (Phi) is 5.41. The summed E-state index contributed by atoms with van der Waals surface area (Å²) >= 11 is 0. The standard InChI is InChI=1S/C18H21NO2/c1-19(2)13-12-18(21-16-9-5-4-6-10-16)15-8-7-11-17(14-15)20-3/h4-12,14H,13H2,1-3H3. The maximum absolute atomic E-state index is 6.03. The van der Waals surface area contributed by atoms with Crippen molar-refractivity contribution in [1.29, 1.82) is 0 Å². The van der Waals surface area contributed by atoms with Gasteiger partial charge in [0.05, 0.1) is 7.11 Å². The van der Waals surface area contributed by atoms with E-state index in [1.54, 1.807) is 7.11 Å². The SMILES string of the molecule is COc1cccc(C(=CCN(C)C)Oc2ccccc2)c1. The lowest BCUT2D eigenvalue weighted by atomic mass is 10.1. The second-order valence-corrected chi connectivity index (χ2v) is 4.98. The van der Waals surface area contributed by atoms with Crippen LogP contribution >= 0.6 is 0 Å². The molecule has 0 saturated carbocycles. The van der Waals surface area contributed by atoms with Crippen LogP contribution in [0.5, 0.6) is 11.5 Å². The molecule has 0 aromatic heterocycles. The van der Waals surface area contributed by atoms with Crippen molar-refractivity contribution in [1.82, 2.24) is 4.90 Å². The van der Waals surface area contributed by atoms with E-state index in [1.165, 1.54) is 0 Å². The third-order valence-electron chi connectivity index (χ3n) is 2.97. The largest absolute Gasteiger partial charge is 0.497 e. The summed E-state index contributed by atoms with van der Waals surface area (Å²) in [6.07, 6.45) is 2.07. The first-order chi connectivity index (χ1) is 10.2. The highest BCUT2D eigenvalue weighted by Crippen LogP contribution is 2.23. The Morgan fingerprint density at radius 2 is 1.71 bits per heavy atom. The molecule has 3 nitrogen and oxygen atoms in total. The first kappa shape index (κ1) is 15.1. The van der Waals surface area contributed by atoms with Gasteiger partial charge in [0.25, 0.3) is 0 Å². The summed E-state index contributed by atoms with van der Waals surface area (Å²) in [5.41, 5.74) is 1.00. The van der Waals surface area contributed by atoms with Gasteiger partial charge in [-0.25, -0.2) is 0 Å². The van der Waals surface area contributed by atoms with Crippen molar-refractivity contribution in [2.45, 2.75) is 0 Å². The average Bonchev–Trinajstić information content (AvgIpc) is 2.52. The average molecular weight is 283 g/mol. The van der Waals surface area contributed by atoms with E-state index in [9.17, 15) is 0 Å². The minimum Gasteiger partial charge on any atom is -0.497 e. The highest BCUT2D eigenvalue weighted by Gasteiger charge is 2.06. The lowest BCUT2D eigenvalue weighted by Crippen LogP contribution is -2.12. The number of hydrogen-bond donors (Lipinski definition) is 0. The lowest BCUT2D eigenvalue weighted by Gasteiger charge is -2.13. The zero-order chi connectivity index (χ0) is 15.1. The molecule has 3 heteroatoms. The molecule has 0 bridgehead atoms. The van der Waals surface area contributed by atoms with E-state index in [0.29, 0.717) is 0 Å². The van der Waals surface area contributed by atoms with Gasteiger partial charge >= 0.3 is 0 Å². The van der Waals surface area contributed by atoms with Gasteiger partial charge in [0.2, 0.25) is 0 Å². The van der Waals surface area contributed by atoms with Gasteiger partial charge in [0, 0.05) is 12.1 Å². The number of methoxy groups -OCH3 is 1. The fraction of sp³-hybridized carbons (Fsp3) is 0.222. The van der Waals surface area contributed by atoms with E-state index in [-0.39, 0.29) is 0 Å². The summed E-state index contributed by atoms with van der Waals surface area (Å²) in [6.45, 7) is 0.805. The molecule has 0 aliphatic heterocycles. The molecule has 0 fully saturated rings. The van der Waals surface area contributed by atoms with Gasteiger partial charge in [-0.2, -0.15) is 0 Å². The van der Waals surface area contributed by atoms with Crippen LogP contribution in [-0.2, 0) is 0 Å². The van der Waals surface area contributed by atoms with Gasteiger partial charge in [-0.1, -0.05) is 30.3 Å². The van der Waals surface area contributed by atoms with Gasteiger partial charge in [-0.15, -0.1) is 0 Å². The molecular weight excluding hydrogens is 262 g/mol. The molecule has 0 aliphatic rings. The molecule has 0 saturated heterocycles. The van der Waals surface area contributed by atoms with Crippen molar-refractivity contribution in [3.05, 3.63) is 66.2 Å². The first-order valence-corrected chi connectivity index (χ1v) is 6.91. The summed E-state index contributed by atoms with van der Waals surface area (Å²) in [5.74, 6) is 2.47. The highest BCUT2D eigenvalue weighted by atomic mass is 16.5. The van der Waals surface area contributed by atoms with E-state index >= 15 is 0 Å². The van der Waals surface area contributed by atoms with Crippen LogP contribution in [0.15, 0.2) is 60.7 Å². The topological polar surface area (TPSA) is 21.7 Å². The number of hydrogen-bond acceptors (Lipinski definition) is 3. The molecule has 0 radical (unpaired) electrons. The zero-order valence-electron chi connectivity index (χ0n) is 12.7. The van der Waals surface area contributed by atoms with Crippen molar-refractivity contribution in [3.63, 3.8) is 0 Å². The second kappa shape index (κ2) is 7.50. The Balaban J connectivity index is 2.29. The molecule has 110 valence electrons. The van der Waals surface area contributed by atoms with E-state index in [2.05, 4.69) is 11.0 Å².